The number of fused-ring (bicyclic) bond motifs is 3. The van der Waals surface area contributed by atoms with Crippen LogP contribution in [0, 0.1) is 20.8 Å². The third-order valence-corrected chi connectivity index (χ3v) is 6.26. The number of nitrogens with one attached hydrogen (secondary N) is 2. The van der Waals surface area contributed by atoms with Crippen molar-refractivity contribution in [3.63, 3.8) is 0 Å². The standard InChI is InChI=1S/C17H20N3O2S/c1-10-5-6-13-14(7-10)19-17(18-13)20-8-11(2)16(22-4)12(3)15(20)9-23(17)21/h5-8,18-19H,9H2,1-4H3/q+1. The lowest BCUT2D eigenvalue weighted by atomic mass is 10.1. The zero-order valence-electron chi connectivity index (χ0n) is 13.7. The number of hydrogen-bond donors (Lipinski definition) is 2. The second-order valence-electron chi connectivity index (χ2n) is 6.22. The lowest BCUT2D eigenvalue weighted by molar-refractivity contribution is -0.727. The van der Waals surface area contributed by atoms with Gasteiger partial charge in [0.25, 0.3) is 0 Å². The molecule has 2 aliphatic heterocycles. The zero-order chi connectivity index (χ0) is 16.4. The summed E-state index contributed by atoms with van der Waals surface area (Å²) in [5.74, 6) is 1.37. The van der Waals surface area contributed by atoms with Crippen molar-refractivity contribution >= 4 is 22.2 Å². The Labute approximate surface area is 138 Å². The van der Waals surface area contributed by atoms with Crippen LogP contribution in [0.2, 0.25) is 0 Å². The SMILES string of the molecule is COc1c(C)c[n+]2c(c1C)CS(=O)C21Nc2ccc(C)cc2N1. The maximum atomic E-state index is 13.0. The number of nitrogens with zero attached hydrogens (tertiary/aromatic N) is 1. The van der Waals surface area contributed by atoms with E-state index >= 15 is 0 Å². The van der Waals surface area contributed by atoms with Gasteiger partial charge >= 0.3 is 5.12 Å². The topological polar surface area (TPSA) is 54.2 Å². The van der Waals surface area contributed by atoms with Crippen LogP contribution in [0.4, 0.5) is 11.4 Å². The summed E-state index contributed by atoms with van der Waals surface area (Å²) in [4.78, 5) is 0. The molecule has 0 aliphatic carbocycles. The van der Waals surface area contributed by atoms with E-state index in [0.717, 1.165) is 33.9 Å². The van der Waals surface area contributed by atoms with Crippen molar-refractivity contribution < 1.29 is 13.5 Å². The third kappa shape index (κ3) is 1.84. The first kappa shape index (κ1) is 14.5. The van der Waals surface area contributed by atoms with Gasteiger partial charge in [-0.15, -0.1) is 4.57 Å². The van der Waals surface area contributed by atoms with Gasteiger partial charge in [0.05, 0.1) is 29.6 Å². The predicted octanol–water partition coefficient (Wildman–Crippen LogP) is 2.28. The molecule has 2 aromatic rings. The van der Waals surface area contributed by atoms with Crippen LogP contribution in [0.5, 0.6) is 5.75 Å². The van der Waals surface area contributed by atoms with E-state index in [2.05, 4.69) is 34.3 Å². The Balaban J connectivity index is 1.90. The van der Waals surface area contributed by atoms with Crippen molar-refractivity contribution in [1.29, 1.82) is 0 Å². The molecule has 3 heterocycles. The van der Waals surface area contributed by atoms with E-state index < -0.39 is 15.9 Å². The fourth-order valence-corrected chi connectivity index (χ4v) is 5.19. The number of ether oxygens (including phenoxy) is 1. The summed E-state index contributed by atoms with van der Waals surface area (Å²) in [6, 6.07) is 6.17. The van der Waals surface area contributed by atoms with E-state index in [1.807, 2.05) is 26.1 Å². The molecule has 0 fully saturated rings. The molecular weight excluding hydrogens is 310 g/mol. The Bertz CT molecular complexity index is 865. The number of pyridine rings is 1. The maximum absolute atomic E-state index is 13.0. The molecular formula is C17H20N3O2S+. The predicted molar refractivity (Wildman–Crippen MR) is 90.9 cm³/mol. The minimum Gasteiger partial charge on any atom is -0.496 e. The van der Waals surface area contributed by atoms with Crippen molar-refractivity contribution in [2.75, 3.05) is 17.7 Å². The Kier molecular flexibility index (Phi) is 2.97. The van der Waals surface area contributed by atoms with Gasteiger partial charge in [0, 0.05) is 0 Å². The molecule has 0 saturated heterocycles. The van der Waals surface area contributed by atoms with Crippen LogP contribution in [0.25, 0.3) is 0 Å². The molecule has 1 aromatic heterocycles. The monoisotopic (exact) mass is 330 g/mol. The van der Waals surface area contributed by atoms with E-state index in [4.69, 9.17) is 4.74 Å². The van der Waals surface area contributed by atoms with Gasteiger partial charge in [-0.25, -0.2) is 4.21 Å². The summed E-state index contributed by atoms with van der Waals surface area (Å²) >= 11 is 0. The fraction of sp³-hybridized carbons (Fsp3) is 0.353. The molecule has 2 N–H and O–H groups in total. The molecule has 120 valence electrons. The largest absolute Gasteiger partial charge is 0.496 e. The fourth-order valence-electron chi connectivity index (χ4n) is 3.55. The summed E-state index contributed by atoms with van der Waals surface area (Å²) in [6.07, 6.45) is 2.02. The van der Waals surface area contributed by atoms with Gasteiger partial charge in [-0.1, -0.05) is 6.07 Å². The highest BCUT2D eigenvalue weighted by Gasteiger charge is 2.58. The summed E-state index contributed by atoms with van der Waals surface area (Å²) in [6.45, 7) is 6.10. The minimum atomic E-state index is -1.13. The van der Waals surface area contributed by atoms with Gasteiger partial charge in [-0.3, -0.25) is 10.6 Å². The molecule has 6 heteroatoms. The molecule has 2 aliphatic rings. The number of anilines is 2. The van der Waals surface area contributed by atoms with Crippen molar-refractivity contribution in [3.8, 4) is 5.75 Å². The minimum absolute atomic E-state index is 0.495. The van der Waals surface area contributed by atoms with Crippen LogP contribution in [0.15, 0.2) is 24.4 Å². The molecule has 0 amide bonds. The van der Waals surface area contributed by atoms with Crippen LogP contribution in [0.1, 0.15) is 22.4 Å². The molecule has 4 rings (SSSR count). The summed E-state index contributed by atoms with van der Waals surface area (Å²) in [7, 11) is 0.550. The Hall–Kier alpha value is -2.08. The quantitative estimate of drug-likeness (QED) is 0.788. The Morgan fingerprint density at radius 2 is 1.96 bits per heavy atom. The van der Waals surface area contributed by atoms with Gasteiger partial charge in [0.2, 0.25) is 5.69 Å². The number of methoxy groups -OCH3 is 1. The second kappa shape index (κ2) is 4.71. The van der Waals surface area contributed by atoms with Crippen LogP contribution in [-0.4, -0.2) is 11.3 Å². The molecule has 0 radical (unpaired) electrons. The van der Waals surface area contributed by atoms with Crippen molar-refractivity contribution in [2.45, 2.75) is 31.6 Å². The lowest BCUT2D eigenvalue weighted by Gasteiger charge is -2.19. The molecule has 5 nitrogen and oxygen atoms in total. The number of hydrogen-bond acceptors (Lipinski definition) is 4. The molecule has 1 aromatic carbocycles. The highest BCUT2D eigenvalue weighted by atomic mass is 32.2. The van der Waals surface area contributed by atoms with E-state index in [-0.39, 0.29) is 0 Å². The average Bonchev–Trinajstić information content (AvgIpc) is 3.00. The van der Waals surface area contributed by atoms with Crippen LogP contribution >= 0.6 is 0 Å². The summed E-state index contributed by atoms with van der Waals surface area (Å²) < 4.78 is 20.6. The number of rotatable bonds is 1. The lowest BCUT2D eigenvalue weighted by Crippen LogP contribution is -2.63. The molecule has 23 heavy (non-hydrogen) atoms. The van der Waals surface area contributed by atoms with E-state index in [1.165, 1.54) is 5.56 Å². The van der Waals surface area contributed by atoms with E-state index in [1.54, 1.807) is 7.11 Å². The average molecular weight is 330 g/mol. The van der Waals surface area contributed by atoms with Crippen molar-refractivity contribution in [3.05, 3.63) is 46.8 Å². The molecule has 1 spiro atoms. The Morgan fingerprint density at radius 1 is 1.22 bits per heavy atom. The smallest absolute Gasteiger partial charge is 0.402 e. The van der Waals surface area contributed by atoms with Gasteiger partial charge in [0.15, 0.2) is 6.20 Å². The van der Waals surface area contributed by atoms with Gasteiger partial charge in [-0.05, 0) is 38.5 Å². The molecule has 2 unspecified atom stereocenters. The van der Waals surface area contributed by atoms with Crippen LogP contribution in [0.3, 0.4) is 0 Å². The number of aromatic nitrogens is 1. The first-order valence-electron chi connectivity index (χ1n) is 7.61. The maximum Gasteiger partial charge on any atom is 0.402 e. The molecule has 0 bridgehead atoms. The number of benzene rings is 1. The van der Waals surface area contributed by atoms with Gasteiger partial charge in [0.1, 0.15) is 22.3 Å². The van der Waals surface area contributed by atoms with E-state index in [9.17, 15) is 4.21 Å². The van der Waals surface area contributed by atoms with Gasteiger partial charge < -0.3 is 4.74 Å². The summed E-state index contributed by atoms with van der Waals surface area (Å²) in [5, 5.41) is 6.09. The second-order valence-corrected chi connectivity index (χ2v) is 7.79. The van der Waals surface area contributed by atoms with Gasteiger partial charge in [-0.2, -0.15) is 0 Å². The third-order valence-electron chi connectivity index (χ3n) is 4.67. The zero-order valence-corrected chi connectivity index (χ0v) is 14.5. The Morgan fingerprint density at radius 3 is 2.70 bits per heavy atom. The van der Waals surface area contributed by atoms with Crippen LogP contribution < -0.4 is 19.9 Å². The summed E-state index contributed by atoms with van der Waals surface area (Å²) in [5.41, 5.74) is 6.26. The van der Waals surface area contributed by atoms with Crippen molar-refractivity contribution in [2.24, 2.45) is 0 Å². The number of aryl methyl sites for hydroxylation is 2. The van der Waals surface area contributed by atoms with E-state index in [0.29, 0.717) is 5.75 Å². The first-order chi connectivity index (χ1) is 11.0. The van der Waals surface area contributed by atoms with Crippen molar-refractivity contribution in [1.82, 2.24) is 0 Å². The first-order valence-corrected chi connectivity index (χ1v) is 8.93. The highest BCUT2D eigenvalue weighted by molar-refractivity contribution is 7.85. The molecule has 0 saturated carbocycles. The van der Waals surface area contributed by atoms with Crippen LogP contribution in [-0.2, 0) is 21.7 Å². The highest BCUT2D eigenvalue weighted by Crippen LogP contribution is 2.41. The normalized spacial score (nSPS) is 24.1. The molecule has 2 atom stereocenters.